The van der Waals surface area contributed by atoms with Crippen LogP contribution in [0, 0.1) is 0 Å². The largest absolute Gasteiger partial charge is 0.308 e. The van der Waals surface area contributed by atoms with Crippen molar-refractivity contribution >= 4 is 38.9 Å². The molecular formula is C8H6Cl2N2O2S. The monoisotopic (exact) mass is 264 g/mol. The van der Waals surface area contributed by atoms with Gasteiger partial charge in [0.15, 0.2) is 0 Å². The summed E-state index contributed by atoms with van der Waals surface area (Å²) in [5.74, 6) is 0. The molecule has 1 heterocycles. The second kappa shape index (κ2) is 3.38. The van der Waals surface area contributed by atoms with E-state index in [0.29, 0.717) is 11.3 Å². The molecule has 4 nitrogen and oxygen atoms in total. The number of rotatable bonds is 0. The average molecular weight is 265 g/mol. The van der Waals surface area contributed by atoms with Crippen molar-refractivity contribution in [2.24, 2.45) is 0 Å². The highest BCUT2D eigenvalue weighted by Crippen LogP contribution is 2.35. The number of hydrogen-bond donors (Lipinski definition) is 2. The molecule has 7 heteroatoms. The van der Waals surface area contributed by atoms with Crippen LogP contribution in [-0.2, 0) is 10.0 Å². The average Bonchev–Trinajstić information content (AvgIpc) is 2.16. The van der Waals surface area contributed by atoms with E-state index in [4.69, 9.17) is 23.2 Å². The van der Waals surface area contributed by atoms with E-state index in [0.717, 1.165) is 0 Å². The smallest absolute Gasteiger partial charge is 0.259 e. The first-order chi connectivity index (χ1) is 6.93. The second-order valence-corrected chi connectivity index (χ2v) is 5.35. The maximum Gasteiger partial charge on any atom is 0.259 e. The van der Waals surface area contributed by atoms with Crippen molar-refractivity contribution in [3.63, 3.8) is 0 Å². The zero-order chi connectivity index (χ0) is 11.2. The van der Waals surface area contributed by atoms with Gasteiger partial charge in [-0.05, 0) is 12.1 Å². The van der Waals surface area contributed by atoms with Gasteiger partial charge in [0.2, 0.25) is 0 Å². The van der Waals surface area contributed by atoms with Crippen LogP contribution in [0.2, 0.25) is 10.0 Å². The Morgan fingerprint density at radius 1 is 1.27 bits per heavy atom. The third kappa shape index (κ3) is 1.61. The van der Waals surface area contributed by atoms with E-state index < -0.39 is 10.0 Å². The van der Waals surface area contributed by atoms with Crippen molar-refractivity contribution in [3.8, 4) is 0 Å². The standard InChI is InChI=1S/C8H6Cl2N2O2S/c1-4-5-2-3-6(9)7(10)8(5)15(13,14)12-11-4/h2-3,11-12H,1H2. The number of hydrazine groups is 1. The molecule has 0 saturated carbocycles. The van der Waals surface area contributed by atoms with Gasteiger partial charge in [-0.2, -0.15) is 0 Å². The molecule has 80 valence electrons. The van der Waals surface area contributed by atoms with Crippen LogP contribution >= 0.6 is 23.2 Å². The fraction of sp³-hybridized carbons (Fsp3) is 0. The van der Waals surface area contributed by atoms with E-state index in [1.807, 2.05) is 0 Å². The molecule has 1 aliphatic rings. The van der Waals surface area contributed by atoms with E-state index >= 15 is 0 Å². The molecule has 1 aromatic rings. The molecule has 0 atom stereocenters. The van der Waals surface area contributed by atoms with Crippen molar-refractivity contribution in [2.45, 2.75) is 4.90 Å². The predicted octanol–water partition coefficient (Wildman–Crippen LogP) is 1.76. The maximum atomic E-state index is 11.6. The van der Waals surface area contributed by atoms with Crippen molar-refractivity contribution in [1.82, 2.24) is 10.3 Å². The van der Waals surface area contributed by atoms with Gasteiger partial charge in [-0.25, -0.2) is 8.42 Å². The summed E-state index contributed by atoms with van der Waals surface area (Å²) >= 11 is 11.6. The molecule has 0 radical (unpaired) electrons. The highest BCUT2D eigenvalue weighted by molar-refractivity contribution is 7.89. The third-order valence-corrected chi connectivity index (χ3v) is 4.23. The van der Waals surface area contributed by atoms with Crippen LogP contribution in [0.5, 0.6) is 0 Å². The Morgan fingerprint density at radius 2 is 1.93 bits per heavy atom. The first kappa shape index (κ1) is 10.8. The van der Waals surface area contributed by atoms with Gasteiger partial charge in [0.25, 0.3) is 10.0 Å². The van der Waals surface area contributed by atoms with Crippen molar-refractivity contribution in [3.05, 3.63) is 34.3 Å². The molecule has 0 amide bonds. The topological polar surface area (TPSA) is 58.2 Å². The highest BCUT2D eigenvalue weighted by atomic mass is 35.5. The van der Waals surface area contributed by atoms with Crippen LogP contribution in [0.4, 0.5) is 0 Å². The third-order valence-electron chi connectivity index (χ3n) is 1.98. The highest BCUT2D eigenvalue weighted by Gasteiger charge is 2.29. The van der Waals surface area contributed by atoms with E-state index in [1.54, 1.807) is 6.07 Å². The molecule has 1 aromatic carbocycles. The Balaban J connectivity index is 2.87. The molecule has 15 heavy (non-hydrogen) atoms. The van der Waals surface area contributed by atoms with Crippen LogP contribution in [0.1, 0.15) is 5.56 Å². The summed E-state index contributed by atoms with van der Waals surface area (Å²) in [4.78, 5) is 2.07. The normalized spacial score (nSPS) is 18.1. The first-order valence-electron chi connectivity index (χ1n) is 3.88. The van der Waals surface area contributed by atoms with Crippen molar-refractivity contribution in [1.29, 1.82) is 0 Å². The fourth-order valence-electron chi connectivity index (χ4n) is 1.28. The Hall–Kier alpha value is -0.750. The SMILES string of the molecule is C=C1NNS(=O)(=O)c2c1ccc(Cl)c2Cl. The number of hydrogen-bond acceptors (Lipinski definition) is 3. The van der Waals surface area contributed by atoms with Gasteiger partial charge in [-0.15, -0.1) is 4.83 Å². The van der Waals surface area contributed by atoms with Crippen LogP contribution in [0.25, 0.3) is 5.70 Å². The molecule has 2 rings (SSSR count). The molecule has 1 aliphatic heterocycles. The van der Waals surface area contributed by atoms with Gasteiger partial charge >= 0.3 is 0 Å². The summed E-state index contributed by atoms with van der Waals surface area (Å²) in [6, 6.07) is 3.08. The quantitative estimate of drug-likeness (QED) is 0.751. The molecule has 0 aromatic heterocycles. The molecule has 0 aliphatic carbocycles. The van der Waals surface area contributed by atoms with Crippen molar-refractivity contribution in [2.75, 3.05) is 0 Å². The minimum Gasteiger partial charge on any atom is -0.308 e. The molecule has 0 bridgehead atoms. The Morgan fingerprint density at radius 3 is 2.60 bits per heavy atom. The minimum atomic E-state index is -3.67. The molecule has 0 saturated heterocycles. The maximum absolute atomic E-state index is 11.6. The number of nitrogens with one attached hydrogen (secondary N) is 2. The van der Waals surface area contributed by atoms with Crippen molar-refractivity contribution < 1.29 is 8.42 Å². The second-order valence-electron chi connectivity index (χ2n) is 2.95. The molecular weight excluding hydrogens is 259 g/mol. The number of sulfonamides is 1. The van der Waals surface area contributed by atoms with Crippen LogP contribution < -0.4 is 10.3 Å². The van der Waals surface area contributed by atoms with Gasteiger partial charge in [-0.1, -0.05) is 29.8 Å². The number of halogens is 2. The van der Waals surface area contributed by atoms with E-state index in [-0.39, 0.29) is 14.9 Å². The summed E-state index contributed by atoms with van der Waals surface area (Å²) in [6.45, 7) is 3.65. The molecule has 0 fully saturated rings. The summed E-state index contributed by atoms with van der Waals surface area (Å²) in [7, 11) is -3.67. The van der Waals surface area contributed by atoms with Gasteiger partial charge in [0.1, 0.15) is 4.90 Å². The number of fused-ring (bicyclic) bond motifs is 1. The Labute approximate surface area is 96.9 Å². The summed E-state index contributed by atoms with van der Waals surface area (Å²) in [5, 5.41) is 0.194. The Bertz CT molecular complexity index is 554. The van der Waals surface area contributed by atoms with Crippen LogP contribution in [0.15, 0.2) is 23.6 Å². The zero-order valence-electron chi connectivity index (χ0n) is 7.34. The lowest BCUT2D eigenvalue weighted by Crippen LogP contribution is -2.40. The Kier molecular flexibility index (Phi) is 2.42. The summed E-state index contributed by atoms with van der Waals surface area (Å²) in [6.07, 6.45) is 0. The molecule has 0 unspecified atom stereocenters. The fourth-order valence-corrected chi connectivity index (χ4v) is 3.15. The van der Waals surface area contributed by atoms with Gasteiger partial charge < -0.3 is 5.43 Å². The van der Waals surface area contributed by atoms with Crippen LogP contribution in [-0.4, -0.2) is 8.42 Å². The first-order valence-corrected chi connectivity index (χ1v) is 6.12. The predicted molar refractivity (Wildman–Crippen MR) is 59.0 cm³/mol. The lowest BCUT2D eigenvalue weighted by molar-refractivity contribution is 0.571. The van der Waals surface area contributed by atoms with E-state index in [9.17, 15) is 8.42 Å². The van der Waals surface area contributed by atoms with Crippen LogP contribution in [0.3, 0.4) is 0 Å². The summed E-state index contributed by atoms with van der Waals surface area (Å²) < 4.78 is 23.3. The summed E-state index contributed by atoms with van der Waals surface area (Å²) in [5.41, 5.74) is 3.29. The van der Waals surface area contributed by atoms with E-state index in [1.165, 1.54) is 6.07 Å². The minimum absolute atomic E-state index is 0.00400. The lowest BCUT2D eigenvalue weighted by Gasteiger charge is -2.22. The van der Waals surface area contributed by atoms with E-state index in [2.05, 4.69) is 16.8 Å². The molecule has 0 spiro atoms. The van der Waals surface area contributed by atoms with Gasteiger partial charge in [0.05, 0.1) is 15.7 Å². The molecule has 2 N–H and O–H groups in total. The van der Waals surface area contributed by atoms with Gasteiger partial charge in [-0.3, -0.25) is 0 Å². The lowest BCUT2D eigenvalue weighted by atomic mass is 10.2. The zero-order valence-corrected chi connectivity index (χ0v) is 9.67. The van der Waals surface area contributed by atoms with Gasteiger partial charge in [0, 0.05) is 5.56 Å². The number of benzene rings is 1.